The van der Waals surface area contributed by atoms with Crippen molar-refractivity contribution in [2.45, 2.75) is 37.8 Å². The molecule has 2 aliphatic rings. The average molecular weight is 519 g/mol. The molecule has 3 heterocycles. The van der Waals surface area contributed by atoms with E-state index in [9.17, 15) is 8.42 Å². The number of aryl methyl sites for hydroxylation is 2. The molecule has 0 saturated heterocycles. The Morgan fingerprint density at radius 1 is 0.892 bits per heavy atom. The normalized spacial score (nSPS) is 23.0. The fourth-order valence-electron chi connectivity index (χ4n) is 5.80. The second kappa shape index (κ2) is 8.77. The Morgan fingerprint density at radius 3 is 2.19 bits per heavy atom. The summed E-state index contributed by atoms with van der Waals surface area (Å²) in [6.45, 7) is 0. The van der Waals surface area contributed by atoms with Gasteiger partial charge in [-0.15, -0.1) is 0 Å². The Kier molecular flexibility index (Phi) is 5.64. The van der Waals surface area contributed by atoms with Gasteiger partial charge >= 0.3 is 0 Å². The molecule has 11 heteroatoms. The largest absolute Gasteiger partial charge is 0.367 e. The topological polar surface area (TPSA) is 120 Å². The molecule has 2 saturated carbocycles. The Hall–Kier alpha value is -3.57. The van der Waals surface area contributed by atoms with Crippen molar-refractivity contribution in [1.82, 2.24) is 34.3 Å². The van der Waals surface area contributed by atoms with Gasteiger partial charge in [0.25, 0.3) is 0 Å². The lowest BCUT2D eigenvalue weighted by atomic mass is 9.52. The van der Waals surface area contributed by atoms with E-state index in [0.717, 1.165) is 59.3 Å². The number of nitrogens with zero attached hydrogens (tertiary/aromatic N) is 6. The minimum atomic E-state index is -3.16. The SMILES string of the molecule is Cn1cc(-c2cccc(-c3ncc(-c4cnn(C)c4)c(NC4CC5(C4)CC(NS(C)(=O)=O)C5)n3)c2)cn1. The maximum absolute atomic E-state index is 11.5. The van der Waals surface area contributed by atoms with Crippen LogP contribution in [0.15, 0.2) is 55.2 Å². The molecule has 0 unspecified atom stereocenters. The molecule has 0 bridgehead atoms. The van der Waals surface area contributed by atoms with Crippen LogP contribution in [0.25, 0.3) is 33.6 Å². The first-order valence-electron chi connectivity index (χ1n) is 12.3. The van der Waals surface area contributed by atoms with E-state index < -0.39 is 10.0 Å². The van der Waals surface area contributed by atoms with Gasteiger partial charge in [0.15, 0.2) is 5.82 Å². The Labute approximate surface area is 216 Å². The summed E-state index contributed by atoms with van der Waals surface area (Å²) >= 11 is 0. The second-order valence-corrected chi connectivity index (χ2v) is 12.4. The van der Waals surface area contributed by atoms with Gasteiger partial charge in [-0.1, -0.05) is 18.2 Å². The van der Waals surface area contributed by atoms with Crippen molar-refractivity contribution in [3.05, 3.63) is 55.2 Å². The van der Waals surface area contributed by atoms with Gasteiger partial charge in [-0.05, 0) is 42.7 Å². The van der Waals surface area contributed by atoms with E-state index in [1.165, 1.54) is 6.26 Å². The third kappa shape index (κ3) is 4.88. The van der Waals surface area contributed by atoms with Crippen LogP contribution in [0.4, 0.5) is 5.82 Å². The van der Waals surface area contributed by atoms with E-state index in [0.29, 0.717) is 5.82 Å². The fourth-order valence-corrected chi connectivity index (χ4v) is 6.57. The molecule has 6 rings (SSSR count). The Bertz CT molecular complexity index is 1560. The van der Waals surface area contributed by atoms with Crippen molar-refractivity contribution in [1.29, 1.82) is 0 Å². The highest BCUT2D eigenvalue weighted by Crippen LogP contribution is 2.56. The van der Waals surface area contributed by atoms with Crippen molar-refractivity contribution in [3.8, 4) is 33.6 Å². The summed E-state index contributed by atoms with van der Waals surface area (Å²) in [5.74, 6) is 1.44. The summed E-state index contributed by atoms with van der Waals surface area (Å²) in [5.41, 5.74) is 5.12. The minimum absolute atomic E-state index is 0.0552. The first kappa shape index (κ1) is 23.8. The van der Waals surface area contributed by atoms with E-state index in [1.807, 2.05) is 57.2 Å². The molecule has 3 aromatic heterocycles. The maximum atomic E-state index is 11.5. The molecule has 0 radical (unpaired) electrons. The molecule has 2 N–H and O–H groups in total. The van der Waals surface area contributed by atoms with Crippen molar-refractivity contribution in [2.75, 3.05) is 11.6 Å². The molecule has 4 aromatic rings. The van der Waals surface area contributed by atoms with Gasteiger partial charge in [0.05, 0.1) is 18.6 Å². The molecule has 0 aliphatic heterocycles. The average Bonchev–Trinajstić information content (AvgIpc) is 3.43. The zero-order valence-corrected chi connectivity index (χ0v) is 21.9. The number of rotatable bonds is 7. The summed E-state index contributed by atoms with van der Waals surface area (Å²) in [6, 6.07) is 8.50. The number of anilines is 1. The standard InChI is InChI=1S/C26H30N8O2S/c1-33-15-19(12-28-33)17-5-4-6-18(7-17)24-27-14-23(20-13-29-34(2)16-20)25(31-24)30-21-8-26(9-21)10-22(11-26)32-37(3,35)36/h4-7,12-16,21-22,32H,8-11H2,1-3H3,(H,27,30,31). The van der Waals surface area contributed by atoms with E-state index >= 15 is 0 Å². The molecule has 1 aromatic carbocycles. The van der Waals surface area contributed by atoms with Crippen LogP contribution in [0.1, 0.15) is 25.7 Å². The van der Waals surface area contributed by atoms with E-state index in [4.69, 9.17) is 9.97 Å². The summed E-state index contributed by atoms with van der Waals surface area (Å²) in [7, 11) is 0.636. The predicted octanol–water partition coefficient (Wildman–Crippen LogP) is 3.22. The van der Waals surface area contributed by atoms with Crippen molar-refractivity contribution < 1.29 is 8.42 Å². The van der Waals surface area contributed by atoms with Crippen molar-refractivity contribution in [2.24, 2.45) is 19.5 Å². The van der Waals surface area contributed by atoms with Crippen LogP contribution in [0, 0.1) is 5.41 Å². The van der Waals surface area contributed by atoms with E-state index in [1.54, 1.807) is 9.36 Å². The zero-order valence-electron chi connectivity index (χ0n) is 21.1. The number of aromatic nitrogens is 6. The lowest BCUT2D eigenvalue weighted by Gasteiger charge is -2.57. The van der Waals surface area contributed by atoms with Crippen LogP contribution in [-0.4, -0.2) is 56.3 Å². The first-order chi connectivity index (χ1) is 17.6. The van der Waals surface area contributed by atoms with Crippen LogP contribution >= 0.6 is 0 Å². The predicted molar refractivity (Wildman–Crippen MR) is 142 cm³/mol. The van der Waals surface area contributed by atoms with Gasteiger partial charge in [-0.3, -0.25) is 9.36 Å². The van der Waals surface area contributed by atoms with Crippen LogP contribution in [0.3, 0.4) is 0 Å². The monoisotopic (exact) mass is 518 g/mol. The van der Waals surface area contributed by atoms with Gasteiger partial charge < -0.3 is 5.32 Å². The summed E-state index contributed by atoms with van der Waals surface area (Å²) in [6.07, 6.45) is 14.5. The summed E-state index contributed by atoms with van der Waals surface area (Å²) in [5, 5.41) is 12.3. The minimum Gasteiger partial charge on any atom is -0.367 e. The highest BCUT2D eigenvalue weighted by Gasteiger charge is 2.53. The lowest BCUT2D eigenvalue weighted by Crippen LogP contribution is -2.59. The van der Waals surface area contributed by atoms with Crippen molar-refractivity contribution in [3.63, 3.8) is 0 Å². The number of benzene rings is 1. The van der Waals surface area contributed by atoms with E-state index in [-0.39, 0.29) is 17.5 Å². The van der Waals surface area contributed by atoms with Crippen LogP contribution < -0.4 is 10.0 Å². The summed E-state index contributed by atoms with van der Waals surface area (Å²) in [4.78, 5) is 9.69. The molecule has 192 valence electrons. The second-order valence-electron chi connectivity index (χ2n) is 10.6. The number of nitrogens with one attached hydrogen (secondary N) is 2. The van der Waals surface area contributed by atoms with Gasteiger partial charge in [0.1, 0.15) is 5.82 Å². The highest BCUT2D eigenvalue weighted by atomic mass is 32.2. The molecule has 2 aliphatic carbocycles. The van der Waals surface area contributed by atoms with Gasteiger partial charge in [-0.2, -0.15) is 10.2 Å². The van der Waals surface area contributed by atoms with Gasteiger partial charge in [0.2, 0.25) is 10.0 Å². The highest BCUT2D eigenvalue weighted by molar-refractivity contribution is 7.88. The molecule has 0 amide bonds. The number of hydrogen-bond acceptors (Lipinski definition) is 7. The van der Waals surface area contributed by atoms with Crippen LogP contribution in [-0.2, 0) is 24.1 Å². The number of sulfonamides is 1. The molecule has 1 spiro atoms. The molecule has 2 fully saturated rings. The fraction of sp³-hybridized carbons (Fsp3) is 0.385. The third-order valence-electron chi connectivity index (χ3n) is 7.40. The first-order valence-corrected chi connectivity index (χ1v) is 14.2. The Morgan fingerprint density at radius 2 is 1.54 bits per heavy atom. The summed E-state index contributed by atoms with van der Waals surface area (Å²) < 4.78 is 29.4. The van der Waals surface area contributed by atoms with Crippen LogP contribution in [0.5, 0.6) is 0 Å². The van der Waals surface area contributed by atoms with Gasteiger partial charge in [-0.25, -0.2) is 23.1 Å². The van der Waals surface area contributed by atoms with Crippen LogP contribution in [0.2, 0.25) is 0 Å². The molecular weight excluding hydrogens is 488 g/mol. The van der Waals surface area contributed by atoms with Crippen molar-refractivity contribution >= 4 is 15.8 Å². The maximum Gasteiger partial charge on any atom is 0.208 e. The smallest absolute Gasteiger partial charge is 0.208 e. The number of hydrogen-bond donors (Lipinski definition) is 2. The van der Waals surface area contributed by atoms with E-state index in [2.05, 4.69) is 32.4 Å². The molecule has 10 nitrogen and oxygen atoms in total. The molecule has 37 heavy (non-hydrogen) atoms. The molecular formula is C26H30N8O2S. The lowest BCUT2D eigenvalue weighted by molar-refractivity contribution is -0.00431. The third-order valence-corrected chi connectivity index (χ3v) is 8.16. The zero-order chi connectivity index (χ0) is 25.8. The quantitative estimate of drug-likeness (QED) is 0.385. The van der Waals surface area contributed by atoms with Gasteiger partial charge in [0, 0.05) is 67.0 Å². The Balaban J connectivity index is 1.24. The molecule has 0 atom stereocenters.